The summed E-state index contributed by atoms with van der Waals surface area (Å²) in [4.78, 5) is 0. The van der Waals surface area contributed by atoms with Crippen molar-refractivity contribution < 1.29 is 0 Å². The smallest absolute Gasteiger partial charge is 0.0384 e. The van der Waals surface area contributed by atoms with Gasteiger partial charge in [0.1, 0.15) is 0 Å². The van der Waals surface area contributed by atoms with Crippen LogP contribution in [-0.4, -0.2) is 0 Å². The Morgan fingerprint density at radius 1 is 0.647 bits per heavy atom. The third kappa shape index (κ3) is 3.71. The Morgan fingerprint density at radius 3 is 1.35 bits per heavy atom. The first-order valence-corrected chi connectivity index (χ1v) is 7.49. The van der Waals surface area contributed by atoms with Crippen LogP contribution >= 0.6 is 0 Å². The Bertz CT molecular complexity index is 512. The zero-order valence-electron chi connectivity index (χ0n) is 9.60. The van der Waals surface area contributed by atoms with Crippen LogP contribution in [0.25, 0.3) is 0 Å². The van der Waals surface area contributed by atoms with Gasteiger partial charge in [-0.25, -0.2) is 0 Å². The van der Waals surface area contributed by atoms with Gasteiger partial charge < -0.3 is 0 Å². The molecule has 0 aromatic heterocycles. The molecule has 0 amide bonds. The van der Waals surface area contributed by atoms with Gasteiger partial charge in [0.15, 0.2) is 0 Å². The van der Waals surface area contributed by atoms with Crippen LogP contribution in [0.1, 0.15) is 11.1 Å². The van der Waals surface area contributed by atoms with E-state index in [1.54, 1.807) is 0 Å². The molecule has 17 heavy (non-hydrogen) atoms. The van der Waals surface area contributed by atoms with Gasteiger partial charge in [-0.3, -0.25) is 9.56 Å². The summed E-state index contributed by atoms with van der Waals surface area (Å²) < 4.78 is 16.3. The van der Waals surface area contributed by atoms with E-state index >= 15 is 0 Å². The molecule has 2 N–H and O–H groups in total. The van der Waals surface area contributed by atoms with Crippen LogP contribution in [0, 0.1) is 9.56 Å². The average Bonchev–Trinajstić information content (AvgIpc) is 2.30. The summed E-state index contributed by atoms with van der Waals surface area (Å²) in [7, 11) is -2.09. The van der Waals surface area contributed by atoms with E-state index in [0.717, 1.165) is 11.1 Å². The normalized spacial score (nSPS) is 11.3. The maximum Gasteiger partial charge on any atom is 0.0384 e. The van der Waals surface area contributed by atoms with Crippen LogP contribution in [0.5, 0.6) is 0 Å². The predicted octanol–water partition coefficient (Wildman–Crippen LogP) is 4.07. The van der Waals surface area contributed by atoms with Gasteiger partial charge in [-0.05, 0) is 11.1 Å². The lowest BCUT2D eigenvalue weighted by Crippen LogP contribution is -2.03. The molecule has 0 fully saturated rings. The fourth-order valence-electron chi connectivity index (χ4n) is 1.77. The first-order valence-electron chi connectivity index (χ1n) is 5.51. The van der Waals surface area contributed by atoms with Gasteiger partial charge in [0.2, 0.25) is 0 Å². The molecule has 0 aliphatic carbocycles. The highest BCUT2D eigenvalue weighted by atomic mass is 32.2. The molecule has 0 aliphatic rings. The van der Waals surface area contributed by atoms with Crippen molar-refractivity contribution in [3.05, 3.63) is 71.8 Å². The fraction of sp³-hybridized carbons (Fsp3) is 0.143. The second-order valence-corrected chi connectivity index (χ2v) is 6.49. The summed E-state index contributed by atoms with van der Waals surface area (Å²) in [5.74, 6) is 1.09. The first-order chi connectivity index (χ1) is 8.16. The number of benzene rings is 2. The molecule has 0 bridgehead atoms. The van der Waals surface area contributed by atoms with E-state index in [1.807, 2.05) is 60.7 Å². The van der Waals surface area contributed by atoms with E-state index in [1.165, 1.54) is 0 Å². The molecule has 0 saturated carbocycles. The number of rotatable bonds is 4. The van der Waals surface area contributed by atoms with Crippen molar-refractivity contribution in [2.75, 3.05) is 0 Å². The lowest BCUT2D eigenvalue weighted by Gasteiger charge is -2.11. The topological polar surface area (TPSA) is 47.7 Å². The standard InChI is InChI=1S/C14H16N2S/c15-17(16,11-13-7-3-1-4-8-13)12-14-9-5-2-6-10-14/h1-10,15-16H,11-12H2. The van der Waals surface area contributed by atoms with Crippen molar-refractivity contribution in [3.8, 4) is 0 Å². The highest BCUT2D eigenvalue weighted by Crippen LogP contribution is 2.13. The number of hydrogen-bond acceptors (Lipinski definition) is 2. The minimum Gasteiger partial charge on any atom is -0.270 e. The van der Waals surface area contributed by atoms with Gasteiger partial charge in [0.05, 0.1) is 0 Å². The van der Waals surface area contributed by atoms with E-state index in [2.05, 4.69) is 0 Å². The molecule has 3 heteroatoms. The molecule has 0 radical (unpaired) electrons. The summed E-state index contributed by atoms with van der Waals surface area (Å²) in [5.41, 5.74) is 2.17. The van der Waals surface area contributed by atoms with E-state index in [4.69, 9.17) is 9.56 Å². The highest BCUT2D eigenvalue weighted by Gasteiger charge is 2.05. The second-order valence-electron chi connectivity index (χ2n) is 4.14. The van der Waals surface area contributed by atoms with Crippen LogP contribution < -0.4 is 0 Å². The third-order valence-corrected chi connectivity index (χ3v) is 4.16. The molecule has 2 aromatic carbocycles. The largest absolute Gasteiger partial charge is 0.270 e. The van der Waals surface area contributed by atoms with Crippen molar-refractivity contribution in [1.82, 2.24) is 0 Å². The van der Waals surface area contributed by atoms with Crippen molar-refractivity contribution in [3.63, 3.8) is 0 Å². The van der Waals surface area contributed by atoms with Crippen LogP contribution in [0.2, 0.25) is 0 Å². The molecule has 2 rings (SSSR count). The van der Waals surface area contributed by atoms with Gasteiger partial charge in [-0.1, -0.05) is 70.3 Å². The summed E-state index contributed by atoms with van der Waals surface area (Å²) in [6, 6.07) is 19.8. The monoisotopic (exact) mass is 244 g/mol. The van der Waals surface area contributed by atoms with Crippen molar-refractivity contribution >= 4 is 9.62 Å². The minimum absolute atomic E-state index is 0.544. The van der Waals surface area contributed by atoms with Gasteiger partial charge >= 0.3 is 0 Å². The minimum atomic E-state index is -2.09. The van der Waals surface area contributed by atoms with E-state index < -0.39 is 9.62 Å². The van der Waals surface area contributed by atoms with Crippen LogP contribution in [0.4, 0.5) is 0 Å². The Balaban J connectivity index is 2.11. The molecule has 0 spiro atoms. The Hall–Kier alpha value is -1.61. The van der Waals surface area contributed by atoms with Crippen LogP contribution in [0.15, 0.2) is 60.7 Å². The van der Waals surface area contributed by atoms with Gasteiger partial charge in [0.25, 0.3) is 0 Å². The lowest BCUT2D eigenvalue weighted by molar-refractivity contribution is 1.28. The Morgan fingerprint density at radius 2 is 1.00 bits per heavy atom. The Labute approximate surface area is 103 Å². The SMILES string of the molecule is N=S(=N)(Cc1ccccc1)Cc1ccccc1. The average molecular weight is 244 g/mol. The van der Waals surface area contributed by atoms with Gasteiger partial charge in [0, 0.05) is 11.5 Å². The summed E-state index contributed by atoms with van der Waals surface area (Å²) in [5, 5.41) is 0. The Kier molecular flexibility index (Phi) is 3.59. The maximum absolute atomic E-state index is 8.15. The molecule has 0 aliphatic heterocycles. The third-order valence-electron chi connectivity index (χ3n) is 2.51. The maximum atomic E-state index is 8.15. The van der Waals surface area contributed by atoms with E-state index in [0.29, 0.717) is 11.5 Å². The molecule has 0 saturated heterocycles. The van der Waals surface area contributed by atoms with Crippen molar-refractivity contribution in [2.45, 2.75) is 11.5 Å². The van der Waals surface area contributed by atoms with Gasteiger partial charge in [-0.15, -0.1) is 0 Å². The van der Waals surface area contributed by atoms with Crippen LogP contribution in [0.3, 0.4) is 0 Å². The summed E-state index contributed by atoms with van der Waals surface area (Å²) in [6.07, 6.45) is 0. The van der Waals surface area contributed by atoms with Crippen LogP contribution in [-0.2, 0) is 21.1 Å². The summed E-state index contributed by atoms with van der Waals surface area (Å²) in [6.45, 7) is 0. The molecule has 0 atom stereocenters. The molecule has 2 nitrogen and oxygen atoms in total. The van der Waals surface area contributed by atoms with E-state index in [9.17, 15) is 0 Å². The first kappa shape index (κ1) is 11.9. The summed E-state index contributed by atoms with van der Waals surface area (Å²) >= 11 is 0. The molecule has 0 heterocycles. The highest BCUT2D eigenvalue weighted by molar-refractivity contribution is 7.91. The fourth-order valence-corrected chi connectivity index (χ4v) is 3.39. The molecule has 0 unspecified atom stereocenters. The van der Waals surface area contributed by atoms with Gasteiger partial charge in [-0.2, -0.15) is 0 Å². The van der Waals surface area contributed by atoms with Crippen molar-refractivity contribution in [1.29, 1.82) is 9.56 Å². The zero-order valence-corrected chi connectivity index (χ0v) is 10.4. The predicted molar refractivity (Wildman–Crippen MR) is 73.1 cm³/mol. The molecule has 88 valence electrons. The second kappa shape index (κ2) is 5.15. The molecule has 2 aromatic rings. The zero-order chi connectivity index (χ0) is 12.1. The quantitative estimate of drug-likeness (QED) is 0.814. The number of nitrogens with one attached hydrogen (secondary N) is 2. The lowest BCUT2D eigenvalue weighted by atomic mass is 10.2. The van der Waals surface area contributed by atoms with Crippen molar-refractivity contribution in [2.24, 2.45) is 0 Å². The van der Waals surface area contributed by atoms with E-state index in [-0.39, 0.29) is 0 Å². The number of hydrogen-bond donors (Lipinski definition) is 2. The molecular weight excluding hydrogens is 228 g/mol. The molecular formula is C14H16N2S.